The highest BCUT2D eigenvalue weighted by Gasteiger charge is 2.34. The van der Waals surface area contributed by atoms with Gasteiger partial charge in [0, 0.05) is 25.3 Å². The molecule has 1 amide bonds. The number of ether oxygens (including phenoxy) is 3. The van der Waals surface area contributed by atoms with E-state index in [9.17, 15) is 26.4 Å². The zero-order valence-electron chi connectivity index (χ0n) is 27.2. The lowest BCUT2D eigenvalue weighted by Crippen LogP contribution is -2.38. The number of nitrogens with zero attached hydrogens (tertiary/aromatic N) is 1. The predicted octanol–water partition coefficient (Wildman–Crippen LogP) is 7.72. The van der Waals surface area contributed by atoms with Crippen molar-refractivity contribution in [3.05, 3.63) is 102 Å². The molecule has 2 N–H and O–H groups in total. The largest absolute Gasteiger partial charge is 0.497 e. The lowest BCUT2D eigenvalue weighted by molar-refractivity contribution is -0.137. The minimum atomic E-state index is -4.64. The number of hydrogen-bond donors (Lipinski definition) is 2. The van der Waals surface area contributed by atoms with Gasteiger partial charge in [-0.15, -0.1) is 0 Å². The molecule has 0 heterocycles. The first-order valence-corrected chi connectivity index (χ1v) is 16.4. The first kappa shape index (κ1) is 35.9. The summed E-state index contributed by atoms with van der Waals surface area (Å²) in [6.07, 6.45) is -5.21. The van der Waals surface area contributed by atoms with Crippen molar-refractivity contribution in [3.8, 4) is 22.6 Å². The van der Waals surface area contributed by atoms with Crippen LogP contribution >= 0.6 is 0 Å². The molecule has 0 spiro atoms. The molecule has 48 heavy (non-hydrogen) atoms. The molecule has 4 aromatic rings. The molecule has 9 nitrogen and oxygen atoms in total. The van der Waals surface area contributed by atoms with Crippen LogP contribution in [-0.2, 0) is 27.5 Å². The maximum absolute atomic E-state index is 13.8. The van der Waals surface area contributed by atoms with Crippen LogP contribution in [0.5, 0.6) is 11.5 Å². The third kappa shape index (κ3) is 9.57. The van der Waals surface area contributed by atoms with Crippen LogP contribution in [0, 0.1) is 0 Å². The van der Waals surface area contributed by atoms with Crippen molar-refractivity contribution in [3.63, 3.8) is 0 Å². The van der Waals surface area contributed by atoms with Crippen LogP contribution in [0.3, 0.4) is 0 Å². The highest BCUT2D eigenvalue weighted by Crippen LogP contribution is 2.39. The molecule has 0 aliphatic carbocycles. The zero-order valence-corrected chi connectivity index (χ0v) is 28.0. The van der Waals surface area contributed by atoms with Gasteiger partial charge in [-0.2, -0.15) is 13.2 Å². The zero-order chi connectivity index (χ0) is 35.1. The van der Waals surface area contributed by atoms with Gasteiger partial charge in [0.1, 0.15) is 22.0 Å². The average Bonchev–Trinajstić information content (AvgIpc) is 3.03. The number of nitrogens with one attached hydrogen (secondary N) is 2. The number of benzene rings is 4. The standard InChI is InChI=1S/C35H38F3N3O6S/c1-34(2,3)47-33(42)39-19-20-41(23-24-13-16-28(45-4)17-14-24)27-10-8-9-26(22-27)40-48(43,44)32-21-25(15-18-31(32)46-5)29-11-6-7-12-30(29)35(36,37)38/h6-18,21-22,40H,19-20,23H2,1-5H3,(H,39,42). The second-order valence-corrected chi connectivity index (χ2v) is 13.4. The summed E-state index contributed by atoms with van der Waals surface area (Å²) in [6, 6.07) is 22.9. The molecule has 4 aromatic carbocycles. The minimum Gasteiger partial charge on any atom is -0.497 e. The fourth-order valence-electron chi connectivity index (χ4n) is 4.87. The molecule has 256 valence electrons. The number of hydrogen-bond acceptors (Lipinski definition) is 7. The Morgan fingerprint density at radius 1 is 0.854 bits per heavy atom. The molecule has 13 heteroatoms. The molecule has 4 rings (SSSR count). The van der Waals surface area contributed by atoms with Gasteiger partial charge in [-0.1, -0.05) is 42.5 Å². The second-order valence-electron chi connectivity index (χ2n) is 11.8. The van der Waals surface area contributed by atoms with E-state index in [0.29, 0.717) is 24.5 Å². The summed E-state index contributed by atoms with van der Waals surface area (Å²) in [7, 11) is -1.50. The summed E-state index contributed by atoms with van der Waals surface area (Å²) in [5.41, 5.74) is 0.105. The van der Waals surface area contributed by atoms with Crippen molar-refractivity contribution in [2.45, 2.75) is 44.0 Å². The minimum absolute atomic E-state index is 0.0405. The number of methoxy groups -OCH3 is 2. The van der Waals surface area contributed by atoms with Crippen molar-refractivity contribution in [1.82, 2.24) is 5.32 Å². The molecule has 0 atom stereocenters. The number of alkyl halides is 3. The summed E-state index contributed by atoms with van der Waals surface area (Å²) >= 11 is 0. The molecular formula is C35H38F3N3O6S. The number of halogens is 3. The number of amides is 1. The second kappa shape index (κ2) is 14.9. The average molecular weight is 686 g/mol. The van der Waals surface area contributed by atoms with E-state index >= 15 is 0 Å². The molecule has 0 aromatic heterocycles. The van der Waals surface area contributed by atoms with Crippen LogP contribution in [0.15, 0.2) is 95.9 Å². The number of rotatable bonds is 12. The number of alkyl carbamates (subject to hydrolysis) is 1. The Morgan fingerprint density at radius 3 is 2.21 bits per heavy atom. The highest BCUT2D eigenvalue weighted by atomic mass is 32.2. The van der Waals surface area contributed by atoms with E-state index in [0.717, 1.165) is 17.7 Å². The molecule has 0 aliphatic heterocycles. The van der Waals surface area contributed by atoms with Gasteiger partial charge in [0.25, 0.3) is 10.0 Å². The van der Waals surface area contributed by atoms with Gasteiger partial charge < -0.3 is 24.4 Å². The molecule has 0 bridgehead atoms. The lowest BCUT2D eigenvalue weighted by atomic mass is 9.99. The van der Waals surface area contributed by atoms with Gasteiger partial charge in [0.05, 0.1) is 25.5 Å². The first-order chi connectivity index (χ1) is 22.6. The van der Waals surface area contributed by atoms with E-state index in [2.05, 4.69) is 10.0 Å². The fraction of sp³-hybridized carbons (Fsp3) is 0.286. The SMILES string of the molecule is COc1ccc(CN(CCNC(=O)OC(C)(C)C)c2cccc(NS(=O)(=O)c3cc(-c4ccccc4C(F)(F)F)ccc3OC)c2)cc1. The van der Waals surface area contributed by atoms with Gasteiger partial charge in [0.2, 0.25) is 0 Å². The Balaban J connectivity index is 1.63. The van der Waals surface area contributed by atoms with Gasteiger partial charge >= 0.3 is 12.3 Å². The van der Waals surface area contributed by atoms with Crippen molar-refractivity contribution >= 4 is 27.5 Å². The lowest BCUT2D eigenvalue weighted by Gasteiger charge is -2.26. The monoisotopic (exact) mass is 685 g/mol. The Bertz CT molecular complexity index is 1820. The smallest absolute Gasteiger partial charge is 0.417 e. The van der Waals surface area contributed by atoms with E-state index in [-0.39, 0.29) is 34.0 Å². The Kier molecular flexibility index (Phi) is 11.1. The fourth-order valence-corrected chi connectivity index (χ4v) is 6.12. The Hall–Kier alpha value is -4.91. The topological polar surface area (TPSA) is 106 Å². The molecule has 0 radical (unpaired) electrons. The maximum atomic E-state index is 13.8. The summed E-state index contributed by atoms with van der Waals surface area (Å²) in [6.45, 7) is 6.28. The highest BCUT2D eigenvalue weighted by molar-refractivity contribution is 7.92. The molecule has 0 saturated heterocycles. The van der Waals surface area contributed by atoms with Crippen LogP contribution < -0.4 is 24.4 Å². The molecular weight excluding hydrogens is 647 g/mol. The molecule has 0 fully saturated rings. The van der Waals surface area contributed by atoms with Crippen molar-refractivity contribution in [1.29, 1.82) is 0 Å². The van der Waals surface area contributed by atoms with Gasteiger partial charge in [-0.05, 0) is 86.0 Å². The third-order valence-electron chi connectivity index (χ3n) is 7.04. The van der Waals surface area contributed by atoms with E-state index in [1.807, 2.05) is 29.2 Å². The predicted molar refractivity (Wildman–Crippen MR) is 179 cm³/mol. The van der Waals surface area contributed by atoms with Gasteiger partial charge in [-0.25, -0.2) is 13.2 Å². The van der Waals surface area contributed by atoms with Crippen LogP contribution in [-0.4, -0.2) is 47.4 Å². The number of carbonyl (C=O) groups is 1. The van der Waals surface area contributed by atoms with Crippen LogP contribution in [0.25, 0.3) is 11.1 Å². The summed E-state index contributed by atoms with van der Waals surface area (Å²) in [4.78, 5) is 13.9. The van der Waals surface area contributed by atoms with E-state index in [4.69, 9.17) is 14.2 Å². The number of anilines is 2. The molecule has 0 saturated carbocycles. The summed E-state index contributed by atoms with van der Waals surface area (Å²) < 4.78 is 87.2. The normalized spacial score (nSPS) is 11.8. The Labute approximate surface area is 278 Å². The summed E-state index contributed by atoms with van der Waals surface area (Å²) in [5.74, 6) is 0.649. The van der Waals surface area contributed by atoms with Crippen LogP contribution in [0.1, 0.15) is 31.9 Å². The third-order valence-corrected chi connectivity index (χ3v) is 8.45. The Morgan fingerprint density at radius 2 is 1.56 bits per heavy atom. The number of sulfonamides is 1. The maximum Gasteiger partial charge on any atom is 0.417 e. The van der Waals surface area contributed by atoms with E-state index in [1.165, 1.54) is 37.4 Å². The molecule has 0 unspecified atom stereocenters. The quantitative estimate of drug-likeness (QED) is 0.157. The van der Waals surface area contributed by atoms with Crippen LogP contribution in [0.4, 0.5) is 29.3 Å². The number of carbonyl (C=O) groups excluding carboxylic acids is 1. The van der Waals surface area contributed by atoms with E-state index < -0.39 is 33.5 Å². The van der Waals surface area contributed by atoms with Crippen molar-refractivity contribution < 1.29 is 40.6 Å². The van der Waals surface area contributed by atoms with Crippen molar-refractivity contribution in [2.75, 3.05) is 36.9 Å². The van der Waals surface area contributed by atoms with Gasteiger partial charge in [0.15, 0.2) is 0 Å². The van der Waals surface area contributed by atoms with Crippen molar-refractivity contribution in [2.24, 2.45) is 0 Å². The molecule has 0 aliphatic rings. The van der Waals surface area contributed by atoms with Crippen LogP contribution in [0.2, 0.25) is 0 Å². The van der Waals surface area contributed by atoms with Gasteiger partial charge in [-0.3, -0.25) is 4.72 Å². The van der Waals surface area contributed by atoms with E-state index in [1.54, 1.807) is 52.1 Å². The first-order valence-electron chi connectivity index (χ1n) is 14.9. The summed E-state index contributed by atoms with van der Waals surface area (Å²) in [5, 5.41) is 2.74.